The van der Waals surface area contributed by atoms with E-state index in [1.165, 1.54) is 18.9 Å². The van der Waals surface area contributed by atoms with Gasteiger partial charge in [0.05, 0.1) is 4.92 Å². The van der Waals surface area contributed by atoms with Gasteiger partial charge in [0.1, 0.15) is 5.69 Å². The molecule has 98 valence electrons. The number of nitrogens with zero attached hydrogens (tertiary/aromatic N) is 2. The normalized spacial score (nSPS) is 20.0. The van der Waals surface area contributed by atoms with Crippen molar-refractivity contribution in [1.29, 1.82) is 0 Å². The van der Waals surface area contributed by atoms with Gasteiger partial charge in [-0.05, 0) is 31.9 Å². The summed E-state index contributed by atoms with van der Waals surface area (Å²) in [5.74, 6) is 5.43. The van der Waals surface area contributed by atoms with E-state index >= 15 is 0 Å². The minimum Gasteiger partial charge on any atom is -0.318 e. The first-order valence-corrected chi connectivity index (χ1v) is 6.10. The molecular formula is C12H18N4O2. The van der Waals surface area contributed by atoms with Gasteiger partial charge in [-0.2, -0.15) is 0 Å². The van der Waals surface area contributed by atoms with Crippen LogP contribution in [0.3, 0.4) is 0 Å². The van der Waals surface area contributed by atoms with E-state index in [9.17, 15) is 10.1 Å². The molecule has 1 unspecified atom stereocenters. The molecule has 1 aliphatic rings. The van der Waals surface area contributed by atoms with Gasteiger partial charge in [0, 0.05) is 18.7 Å². The van der Waals surface area contributed by atoms with Crippen molar-refractivity contribution < 1.29 is 4.92 Å². The van der Waals surface area contributed by atoms with Crippen molar-refractivity contribution in [3.63, 3.8) is 0 Å². The molecule has 0 radical (unpaired) electrons. The number of nitro groups is 1. The molecule has 0 aliphatic carbocycles. The lowest BCUT2D eigenvalue weighted by Gasteiger charge is -2.22. The SMILES string of the molecule is CC1CCCN1Cc1cccc([N+](=O)[O-])c1NN. The summed E-state index contributed by atoms with van der Waals surface area (Å²) in [5.41, 5.74) is 3.79. The van der Waals surface area contributed by atoms with Crippen molar-refractivity contribution in [2.24, 2.45) is 5.84 Å². The summed E-state index contributed by atoms with van der Waals surface area (Å²) in [6.07, 6.45) is 2.36. The Bertz CT molecular complexity index is 450. The highest BCUT2D eigenvalue weighted by Gasteiger charge is 2.23. The summed E-state index contributed by atoms with van der Waals surface area (Å²) in [6, 6.07) is 5.57. The van der Waals surface area contributed by atoms with Gasteiger partial charge in [-0.3, -0.25) is 20.9 Å². The van der Waals surface area contributed by atoms with Gasteiger partial charge in [-0.25, -0.2) is 0 Å². The van der Waals surface area contributed by atoms with Crippen molar-refractivity contribution in [2.75, 3.05) is 12.0 Å². The van der Waals surface area contributed by atoms with Crippen LogP contribution < -0.4 is 11.3 Å². The second-order valence-electron chi connectivity index (χ2n) is 4.67. The average molecular weight is 250 g/mol. The average Bonchev–Trinajstić information content (AvgIpc) is 2.74. The molecule has 1 aromatic carbocycles. The predicted molar refractivity (Wildman–Crippen MR) is 70.0 cm³/mol. The van der Waals surface area contributed by atoms with E-state index < -0.39 is 4.92 Å². The summed E-state index contributed by atoms with van der Waals surface area (Å²) in [4.78, 5) is 12.8. The predicted octanol–water partition coefficient (Wildman–Crippen LogP) is 1.86. The molecule has 2 rings (SSSR count). The summed E-state index contributed by atoms with van der Waals surface area (Å²) >= 11 is 0. The molecule has 3 N–H and O–H groups in total. The van der Waals surface area contributed by atoms with E-state index in [0.717, 1.165) is 12.1 Å². The molecule has 1 atom stereocenters. The number of nitrogen functional groups attached to an aromatic ring is 1. The quantitative estimate of drug-likeness (QED) is 0.484. The van der Waals surface area contributed by atoms with Crippen LogP contribution in [0.5, 0.6) is 0 Å². The Balaban J connectivity index is 2.27. The number of anilines is 1. The Hall–Kier alpha value is -1.66. The lowest BCUT2D eigenvalue weighted by Crippen LogP contribution is -2.27. The van der Waals surface area contributed by atoms with Gasteiger partial charge in [0.25, 0.3) is 5.69 Å². The highest BCUT2D eigenvalue weighted by Crippen LogP contribution is 2.30. The smallest absolute Gasteiger partial charge is 0.293 e. The van der Waals surface area contributed by atoms with Crippen LogP contribution in [0.1, 0.15) is 25.3 Å². The molecule has 0 bridgehead atoms. The van der Waals surface area contributed by atoms with Crippen LogP contribution in [0.2, 0.25) is 0 Å². The topological polar surface area (TPSA) is 84.4 Å². The Morgan fingerprint density at radius 2 is 2.39 bits per heavy atom. The van der Waals surface area contributed by atoms with Gasteiger partial charge >= 0.3 is 0 Å². The zero-order chi connectivity index (χ0) is 13.1. The highest BCUT2D eigenvalue weighted by atomic mass is 16.6. The molecule has 0 saturated carbocycles. The number of hydrogen-bond acceptors (Lipinski definition) is 5. The number of para-hydroxylation sites is 1. The van der Waals surface area contributed by atoms with Crippen LogP contribution >= 0.6 is 0 Å². The molecular weight excluding hydrogens is 232 g/mol. The Morgan fingerprint density at radius 3 is 2.94 bits per heavy atom. The Morgan fingerprint density at radius 1 is 1.61 bits per heavy atom. The summed E-state index contributed by atoms with van der Waals surface area (Å²) in [6.45, 7) is 3.91. The third-order valence-electron chi connectivity index (χ3n) is 3.53. The van der Waals surface area contributed by atoms with Crippen LogP contribution in [-0.2, 0) is 6.54 Å². The fourth-order valence-corrected chi connectivity index (χ4v) is 2.48. The monoisotopic (exact) mass is 250 g/mol. The first-order valence-electron chi connectivity index (χ1n) is 6.10. The van der Waals surface area contributed by atoms with E-state index in [2.05, 4.69) is 17.2 Å². The molecule has 0 aromatic heterocycles. The number of benzene rings is 1. The van der Waals surface area contributed by atoms with Gasteiger partial charge in [-0.15, -0.1) is 0 Å². The van der Waals surface area contributed by atoms with E-state index in [-0.39, 0.29) is 5.69 Å². The first-order chi connectivity index (χ1) is 8.63. The largest absolute Gasteiger partial charge is 0.318 e. The van der Waals surface area contributed by atoms with Crippen LogP contribution in [0.25, 0.3) is 0 Å². The van der Waals surface area contributed by atoms with Gasteiger partial charge in [-0.1, -0.05) is 12.1 Å². The number of rotatable bonds is 4. The molecule has 1 aromatic rings. The molecule has 0 amide bonds. The molecule has 1 heterocycles. The number of nitrogens with two attached hydrogens (primary N) is 1. The molecule has 6 heteroatoms. The Labute approximate surface area is 106 Å². The van der Waals surface area contributed by atoms with Crippen LogP contribution in [-0.4, -0.2) is 22.4 Å². The van der Waals surface area contributed by atoms with Gasteiger partial charge in [0.2, 0.25) is 0 Å². The summed E-state index contributed by atoms with van der Waals surface area (Å²) in [5, 5.41) is 10.9. The fourth-order valence-electron chi connectivity index (χ4n) is 2.48. The third kappa shape index (κ3) is 2.44. The van der Waals surface area contributed by atoms with Crippen LogP contribution in [0, 0.1) is 10.1 Å². The molecule has 6 nitrogen and oxygen atoms in total. The second kappa shape index (κ2) is 5.32. The van der Waals surface area contributed by atoms with E-state index in [0.29, 0.717) is 18.3 Å². The van der Waals surface area contributed by atoms with Crippen molar-refractivity contribution in [1.82, 2.24) is 4.90 Å². The highest BCUT2D eigenvalue weighted by molar-refractivity contribution is 5.65. The lowest BCUT2D eigenvalue weighted by molar-refractivity contribution is -0.384. The van der Waals surface area contributed by atoms with E-state index in [1.54, 1.807) is 6.07 Å². The number of nitrogens with one attached hydrogen (secondary N) is 1. The maximum absolute atomic E-state index is 10.9. The number of hydrazine groups is 1. The standard InChI is InChI=1S/C12H18N4O2/c1-9-4-3-7-15(9)8-10-5-2-6-11(16(17)18)12(10)14-13/h2,5-6,9,14H,3-4,7-8,13H2,1H3. The second-order valence-corrected chi connectivity index (χ2v) is 4.67. The van der Waals surface area contributed by atoms with Crippen LogP contribution in [0.4, 0.5) is 11.4 Å². The first kappa shape index (κ1) is 12.8. The van der Waals surface area contributed by atoms with E-state index in [4.69, 9.17) is 5.84 Å². The Kier molecular flexibility index (Phi) is 3.78. The minimum absolute atomic E-state index is 0.0295. The molecule has 0 spiro atoms. The van der Waals surface area contributed by atoms with Crippen molar-refractivity contribution in [3.05, 3.63) is 33.9 Å². The lowest BCUT2D eigenvalue weighted by atomic mass is 10.1. The molecule has 1 aliphatic heterocycles. The minimum atomic E-state index is -0.411. The van der Waals surface area contributed by atoms with Gasteiger partial charge < -0.3 is 5.43 Å². The number of hydrogen-bond donors (Lipinski definition) is 2. The zero-order valence-electron chi connectivity index (χ0n) is 10.4. The summed E-state index contributed by atoms with van der Waals surface area (Å²) in [7, 11) is 0. The van der Waals surface area contributed by atoms with E-state index in [1.807, 2.05) is 6.07 Å². The molecule has 1 fully saturated rings. The van der Waals surface area contributed by atoms with Crippen molar-refractivity contribution in [2.45, 2.75) is 32.4 Å². The maximum atomic E-state index is 10.9. The fraction of sp³-hybridized carbons (Fsp3) is 0.500. The van der Waals surface area contributed by atoms with Crippen molar-refractivity contribution in [3.8, 4) is 0 Å². The zero-order valence-corrected chi connectivity index (χ0v) is 10.4. The number of nitro benzene ring substituents is 1. The number of likely N-dealkylation sites (tertiary alicyclic amines) is 1. The van der Waals surface area contributed by atoms with Crippen molar-refractivity contribution >= 4 is 11.4 Å². The summed E-state index contributed by atoms with van der Waals surface area (Å²) < 4.78 is 0. The van der Waals surface area contributed by atoms with Gasteiger partial charge in [0.15, 0.2) is 0 Å². The molecule has 1 saturated heterocycles. The molecule has 18 heavy (non-hydrogen) atoms. The van der Waals surface area contributed by atoms with Crippen LogP contribution in [0.15, 0.2) is 18.2 Å². The maximum Gasteiger partial charge on any atom is 0.293 e. The third-order valence-corrected chi connectivity index (χ3v) is 3.53.